The molecule has 0 saturated carbocycles. The van der Waals surface area contributed by atoms with Crippen LogP contribution in [0.3, 0.4) is 0 Å². The molecule has 1 N–H and O–H groups in total. The molecule has 1 unspecified atom stereocenters. The summed E-state index contributed by atoms with van der Waals surface area (Å²) in [6.45, 7) is 7.55. The van der Waals surface area contributed by atoms with Gasteiger partial charge in [0, 0.05) is 19.5 Å². The van der Waals surface area contributed by atoms with Gasteiger partial charge in [-0.15, -0.1) is 0 Å². The Labute approximate surface area is 127 Å². The van der Waals surface area contributed by atoms with E-state index in [9.17, 15) is 0 Å². The smallest absolute Gasteiger partial charge is 0.138 e. The maximum atomic E-state index is 4.35. The Morgan fingerprint density at radius 1 is 1.14 bits per heavy atom. The zero-order chi connectivity index (χ0) is 15.2. The van der Waals surface area contributed by atoms with Gasteiger partial charge < -0.3 is 5.32 Å². The van der Waals surface area contributed by atoms with Crippen LogP contribution < -0.4 is 5.32 Å². The van der Waals surface area contributed by atoms with Crippen LogP contribution in [0.4, 0.5) is 0 Å². The van der Waals surface area contributed by atoms with Crippen molar-refractivity contribution in [1.82, 2.24) is 20.1 Å². The van der Waals surface area contributed by atoms with Crippen LogP contribution in [0.5, 0.6) is 0 Å². The molecule has 0 aliphatic heterocycles. The standard InChI is InChI=1S/C17H26N4/c1-5-6-18-16(11-17-19-12-20-21(17)4)10-15-8-13(2)7-14(3)9-15/h7-9,12,16,18H,5-6,10-11H2,1-4H3. The average Bonchev–Trinajstić information content (AvgIpc) is 2.80. The Hall–Kier alpha value is -1.68. The van der Waals surface area contributed by atoms with Gasteiger partial charge >= 0.3 is 0 Å². The third kappa shape index (κ3) is 4.67. The van der Waals surface area contributed by atoms with E-state index >= 15 is 0 Å². The number of nitrogens with one attached hydrogen (secondary N) is 1. The Morgan fingerprint density at radius 3 is 2.43 bits per heavy atom. The average molecular weight is 286 g/mol. The van der Waals surface area contributed by atoms with Crippen molar-refractivity contribution >= 4 is 0 Å². The van der Waals surface area contributed by atoms with E-state index in [4.69, 9.17) is 0 Å². The van der Waals surface area contributed by atoms with E-state index in [1.54, 1.807) is 6.33 Å². The van der Waals surface area contributed by atoms with Gasteiger partial charge in [0.05, 0.1) is 0 Å². The van der Waals surface area contributed by atoms with Gasteiger partial charge in [-0.2, -0.15) is 5.10 Å². The molecule has 21 heavy (non-hydrogen) atoms. The SMILES string of the molecule is CCCNC(Cc1cc(C)cc(C)c1)Cc1ncnn1C. The van der Waals surface area contributed by atoms with Crippen LogP contribution in [0.25, 0.3) is 0 Å². The van der Waals surface area contributed by atoms with Crippen LogP contribution in [-0.4, -0.2) is 27.4 Å². The van der Waals surface area contributed by atoms with Crippen LogP contribution in [0.1, 0.15) is 35.9 Å². The summed E-state index contributed by atoms with van der Waals surface area (Å²) in [5.74, 6) is 1.04. The first-order valence-electron chi connectivity index (χ1n) is 7.72. The lowest BCUT2D eigenvalue weighted by molar-refractivity contribution is 0.485. The highest BCUT2D eigenvalue weighted by Crippen LogP contribution is 2.12. The van der Waals surface area contributed by atoms with Crippen molar-refractivity contribution in [2.24, 2.45) is 7.05 Å². The number of hydrogen-bond donors (Lipinski definition) is 1. The molecule has 114 valence electrons. The number of benzene rings is 1. The Kier molecular flexibility index (Phi) is 5.51. The summed E-state index contributed by atoms with van der Waals surface area (Å²) in [6.07, 6.45) is 4.70. The van der Waals surface area contributed by atoms with Crippen LogP contribution in [-0.2, 0) is 19.9 Å². The van der Waals surface area contributed by atoms with Crippen molar-refractivity contribution in [3.63, 3.8) is 0 Å². The van der Waals surface area contributed by atoms with E-state index in [0.717, 1.165) is 31.6 Å². The van der Waals surface area contributed by atoms with Gasteiger partial charge in [-0.05, 0) is 38.8 Å². The van der Waals surface area contributed by atoms with Crippen LogP contribution >= 0.6 is 0 Å². The van der Waals surface area contributed by atoms with Crippen molar-refractivity contribution < 1.29 is 0 Å². The van der Waals surface area contributed by atoms with Crippen molar-refractivity contribution in [3.05, 3.63) is 47.0 Å². The second kappa shape index (κ2) is 7.36. The summed E-state index contributed by atoms with van der Waals surface area (Å²) in [5.41, 5.74) is 4.05. The van der Waals surface area contributed by atoms with Crippen molar-refractivity contribution in [2.45, 2.75) is 46.1 Å². The molecule has 0 amide bonds. The Balaban J connectivity index is 2.10. The second-order valence-electron chi connectivity index (χ2n) is 5.86. The maximum absolute atomic E-state index is 4.35. The van der Waals surface area contributed by atoms with Gasteiger partial charge in [-0.25, -0.2) is 4.98 Å². The third-order valence-electron chi connectivity index (χ3n) is 3.68. The lowest BCUT2D eigenvalue weighted by Gasteiger charge is -2.19. The molecule has 0 spiro atoms. The molecule has 0 aliphatic carbocycles. The number of rotatable bonds is 7. The Bertz CT molecular complexity index is 554. The fraction of sp³-hybridized carbons (Fsp3) is 0.529. The highest BCUT2D eigenvalue weighted by atomic mass is 15.3. The molecule has 2 rings (SSSR count). The fourth-order valence-corrected chi connectivity index (χ4v) is 2.76. The monoisotopic (exact) mass is 286 g/mol. The lowest BCUT2D eigenvalue weighted by Crippen LogP contribution is -2.34. The zero-order valence-electron chi connectivity index (χ0n) is 13.6. The lowest BCUT2D eigenvalue weighted by atomic mass is 9.99. The second-order valence-corrected chi connectivity index (χ2v) is 5.86. The normalized spacial score (nSPS) is 12.6. The maximum Gasteiger partial charge on any atom is 0.138 e. The molecule has 2 aromatic rings. The molecule has 4 nitrogen and oxygen atoms in total. The molecule has 0 fully saturated rings. The van der Waals surface area contributed by atoms with Gasteiger partial charge in [-0.1, -0.05) is 36.2 Å². The van der Waals surface area contributed by atoms with Crippen molar-refractivity contribution in [3.8, 4) is 0 Å². The van der Waals surface area contributed by atoms with E-state index in [2.05, 4.69) is 54.4 Å². The quantitative estimate of drug-likeness (QED) is 0.850. The predicted octanol–water partition coefficient (Wildman–Crippen LogP) is 2.59. The molecule has 4 heteroatoms. The first kappa shape index (κ1) is 15.7. The highest BCUT2D eigenvalue weighted by Gasteiger charge is 2.13. The first-order valence-corrected chi connectivity index (χ1v) is 7.72. The molecule has 0 bridgehead atoms. The summed E-state index contributed by atoms with van der Waals surface area (Å²) in [5, 5.41) is 7.80. The van der Waals surface area contributed by atoms with Crippen LogP contribution in [0.2, 0.25) is 0 Å². The van der Waals surface area contributed by atoms with E-state index in [1.165, 1.54) is 16.7 Å². The number of aromatic nitrogens is 3. The molecule has 1 atom stereocenters. The summed E-state index contributed by atoms with van der Waals surface area (Å²) in [6, 6.07) is 7.18. The molecule has 0 aliphatic rings. The Morgan fingerprint density at radius 2 is 1.86 bits per heavy atom. The van der Waals surface area contributed by atoms with Crippen molar-refractivity contribution in [2.75, 3.05) is 6.54 Å². The first-order chi connectivity index (χ1) is 10.1. The number of aryl methyl sites for hydroxylation is 3. The van der Waals surface area contributed by atoms with Crippen molar-refractivity contribution in [1.29, 1.82) is 0 Å². The van der Waals surface area contributed by atoms with E-state index in [1.807, 2.05) is 11.7 Å². The van der Waals surface area contributed by atoms with E-state index in [0.29, 0.717) is 6.04 Å². The molecular weight excluding hydrogens is 260 g/mol. The van der Waals surface area contributed by atoms with Gasteiger partial charge in [0.1, 0.15) is 12.2 Å². The molecule has 0 saturated heterocycles. The van der Waals surface area contributed by atoms with Gasteiger partial charge in [-0.3, -0.25) is 4.68 Å². The van der Waals surface area contributed by atoms with Gasteiger partial charge in [0.25, 0.3) is 0 Å². The summed E-state index contributed by atoms with van der Waals surface area (Å²) in [4.78, 5) is 4.35. The minimum absolute atomic E-state index is 0.397. The number of nitrogens with zero attached hydrogens (tertiary/aromatic N) is 3. The largest absolute Gasteiger partial charge is 0.313 e. The molecule has 1 aromatic heterocycles. The number of hydrogen-bond acceptors (Lipinski definition) is 3. The minimum atomic E-state index is 0.397. The van der Waals surface area contributed by atoms with E-state index < -0.39 is 0 Å². The van der Waals surface area contributed by atoms with Gasteiger partial charge in [0.2, 0.25) is 0 Å². The summed E-state index contributed by atoms with van der Waals surface area (Å²) in [7, 11) is 1.95. The minimum Gasteiger partial charge on any atom is -0.313 e. The summed E-state index contributed by atoms with van der Waals surface area (Å²) >= 11 is 0. The fourth-order valence-electron chi connectivity index (χ4n) is 2.76. The third-order valence-corrected chi connectivity index (χ3v) is 3.68. The zero-order valence-corrected chi connectivity index (χ0v) is 13.6. The molecule has 0 radical (unpaired) electrons. The molecule has 1 aromatic carbocycles. The van der Waals surface area contributed by atoms with Gasteiger partial charge in [0.15, 0.2) is 0 Å². The van der Waals surface area contributed by atoms with E-state index in [-0.39, 0.29) is 0 Å². The van der Waals surface area contributed by atoms with Crippen LogP contribution in [0.15, 0.2) is 24.5 Å². The summed E-state index contributed by atoms with van der Waals surface area (Å²) < 4.78 is 1.86. The highest BCUT2D eigenvalue weighted by molar-refractivity contribution is 5.29. The topological polar surface area (TPSA) is 42.7 Å². The van der Waals surface area contributed by atoms with Crippen LogP contribution in [0, 0.1) is 13.8 Å². The molecule has 1 heterocycles. The predicted molar refractivity (Wildman–Crippen MR) is 86.4 cm³/mol. The molecular formula is C17H26N4.